The minimum absolute atomic E-state index is 0.0505. The maximum absolute atomic E-state index is 13.6. The molecule has 2 aliphatic rings. The fourth-order valence-corrected chi connectivity index (χ4v) is 3.42. The van der Waals surface area contributed by atoms with E-state index < -0.39 is 6.10 Å². The van der Waals surface area contributed by atoms with Gasteiger partial charge in [-0.25, -0.2) is 4.39 Å². The molecule has 2 aromatic rings. The van der Waals surface area contributed by atoms with Crippen LogP contribution >= 0.6 is 0 Å². The first kappa shape index (κ1) is 15.0. The summed E-state index contributed by atoms with van der Waals surface area (Å²) in [5.41, 5.74) is 2.63. The number of aryl methyl sites for hydroxylation is 1. The molecule has 0 bridgehead atoms. The molecule has 4 rings (SSSR count). The number of carbonyl (C=O) groups excluding carboxylic acids is 1. The highest BCUT2D eigenvalue weighted by Crippen LogP contribution is 2.35. The molecule has 0 spiro atoms. The first-order valence-electron chi connectivity index (χ1n) is 8.20. The normalized spacial score (nSPS) is 19.3. The van der Waals surface area contributed by atoms with E-state index in [0.29, 0.717) is 19.5 Å². The summed E-state index contributed by atoms with van der Waals surface area (Å²) in [6.07, 6.45) is 1.01. The second-order valence-electron chi connectivity index (χ2n) is 6.30. The largest absolute Gasteiger partial charge is 0.480 e. The number of nitrogens with zero attached hydrogens (tertiary/aromatic N) is 2. The van der Waals surface area contributed by atoms with Gasteiger partial charge in [-0.3, -0.25) is 4.79 Å². The number of benzene rings is 2. The number of anilines is 2. The van der Waals surface area contributed by atoms with Crippen LogP contribution in [0.1, 0.15) is 12.0 Å². The molecule has 0 N–H and O–H groups in total. The van der Waals surface area contributed by atoms with E-state index in [1.54, 1.807) is 11.0 Å². The highest BCUT2D eigenvalue weighted by atomic mass is 19.1. The number of rotatable bonds is 1. The Bertz CT molecular complexity index is 793. The molecule has 0 radical (unpaired) electrons. The van der Waals surface area contributed by atoms with Gasteiger partial charge in [-0.15, -0.1) is 0 Å². The number of amides is 1. The van der Waals surface area contributed by atoms with Gasteiger partial charge in [0.2, 0.25) is 0 Å². The third-order valence-corrected chi connectivity index (χ3v) is 4.76. The molecule has 1 unspecified atom stereocenters. The van der Waals surface area contributed by atoms with Crippen LogP contribution in [0, 0.1) is 5.82 Å². The Labute approximate surface area is 140 Å². The second kappa shape index (κ2) is 5.82. The number of carbonyl (C=O) groups is 1. The Balaban J connectivity index is 1.61. The summed E-state index contributed by atoms with van der Waals surface area (Å²) in [6, 6.07) is 12.4. The quantitative estimate of drug-likeness (QED) is 0.808. The van der Waals surface area contributed by atoms with Gasteiger partial charge < -0.3 is 14.5 Å². The molecule has 5 heteroatoms. The highest BCUT2D eigenvalue weighted by molar-refractivity contribution is 6.00. The summed E-state index contributed by atoms with van der Waals surface area (Å²) in [5.74, 6) is 0.443. The van der Waals surface area contributed by atoms with E-state index in [-0.39, 0.29) is 11.7 Å². The summed E-state index contributed by atoms with van der Waals surface area (Å²) in [6.45, 7) is 1.25. The third kappa shape index (κ3) is 2.50. The van der Waals surface area contributed by atoms with Crippen LogP contribution in [0.2, 0.25) is 0 Å². The molecule has 2 aromatic carbocycles. The van der Waals surface area contributed by atoms with E-state index in [2.05, 4.69) is 0 Å². The molecule has 1 amide bonds. The molecule has 0 saturated heterocycles. The van der Waals surface area contributed by atoms with Crippen molar-refractivity contribution in [2.24, 2.45) is 0 Å². The van der Waals surface area contributed by atoms with Crippen LogP contribution in [0.4, 0.5) is 15.8 Å². The van der Waals surface area contributed by atoms with Crippen LogP contribution < -0.4 is 14.5 Å². The molecule has 1 atom stereocenters. The van der Waals surface area contributed by atoms with Crippen LogP contribution in [-0.2, 0) is 11.2 Å². The summed E-state index contributed by atoms with van der Waals surface area (Å²) in [4.78, 5) is 16.7. The Kier molecular flexibility index (Phi) is 3.63. The van der Waals surface area contributed by atoms with Crippen LogP contribution in [0.3, 0.4) is 0 Å². The molecule has 4 nitrogen and oxygen atoms in total. The molecule has 2 heterocycles. The zero-order chi connectivity index (χ0) is 16.7. The highest BCUT2D eigenvalue weighted by Gasteiger charge is 2.33. The molecular weight excluding hydrogens is 307 g/mol. The average molecular weight is 326 g/mol. The van der Waals surface area contributed by atoms with Gasteiger partial charge >= 0.3 is 0 Å². The van der Waals surface area contributed by atoms with E-state index in [0.717, 1.165) is 29.1 Å². The van der Waals surface area contributed by atoms with Gasteiger partial charge in [-0.05, 0) is 42.7 Å². The van der Waals surface area contributed by atoms with Crippen molar-refractivity contribution < 1.29 is 13.9 Å². The van der Waals surface area contributed by atoms with E-state index in [9.17, 15) is 9.18 Å². The zero-order valence-corrected chi connectivity index (χ0v) is 13.5. The molecule has 124 valence electrons. The summed E-state index contributed by atoms with van der Waals surface area (Å²) < 4.78 is 19.5. The summed E-state index contributed by atoms with van der Waals surface area (Å²) in [7, 11) is 1.91. The first-order valence-corrected chi connectivity index (χ1v) is 8.20. The zero-order valence-electron chi connectivity index (χ0n) is 13.5. The van der Waals surface area contributed by atoms with Gasteiger partial charge in [-0.1, -0.05) is 18.2 Å². The topological polar surface area (TPSA) is 32.8 Å². The second-order valence-corrected chi connectivity index (χ2v) is 6.30. The van der Waals surface area contributed by atoms with Crippen LogP contribution in [0.5, 0.6) is 5.75 Å². The maximum Gasteiger partial charge on any atom is 0.268 e. The molecule has 0 aromatic heterocycles. The smallest absolute Gasteiger partial charge is 0.268 e. The van der Waals surface area contributed by atoms with Gasteiger partial charge in [0.05, 0.1) is 11.4 Å². The van der Waals surface area contributed by atoms with Crippen molar-refractivity contribution in [3.63, 3.8) is 0 Å². The molecule has 0 saturated carbocycles. The average Bonchev–Trinajstić information content (AvgIpc) is 2.61. The monoisotopic (exact) mass is 326 g/mol. The Morgan fingerprint density at radius 3 is 2.88 bits per heavy atom. The predicted molar refractivity (Wildman–Crippen MR) is 91.2 cm³/mol. The van der Waals surface area contributed by atoms with Gasteiger partial charge in [-0.2, -0.15) is 0 Å². The lowest BCUT2D eigenvalue weighted by Gasteiger charge is -2.38. The summed E-state index contributed by atoms with van der Waals surface area (Å²) >= 11 is 0. The molecule has 24 heavy (non-hydrogen) atoms. The van der Waals surface area contributed by atoms with Gasteiger partial charge in [0, 0.05) is 20.1 Å². The molecule has 0 aliphatic carbocycles. The van der Waals surface area contributed by atoms with E-state index in [1.165, 1.54) is 12.1 Å². The molecule has 2 aliphatic heterocycles. The SMILES string of the molecule is CN1CCN(C(=O)C2CCc3ccccc3O2)c2ccc(F)cc21. The van der Waals surface area contributed by atoms with Crippen LogP contribution in [0.25, 0.3) is 0 Å². The lowest BCUT2D eigenvalue weighted by atomic mass is 10.0. The van der Waals surface area contributed by atoms with Gasteiger partial charge in [0.1, 0.15) is 11.6 Å². The van der Waals surface area contributed by atoms with E-state index in [4.69, 9.17) is 4.74 Å². The number of likely N-dealkylation sites (N-methyl/N-ethyl adjacent to an activating group) is 1. The fraction of sp³-hybridized carbons (Fsp3) is 0.316. The Hall–Kier alpha value is -2.56. The lowest BCUT2D eigenvalue weighted by molar-refractivity contribution is -0.126. The number of halogens is 1. The number of para-hydroxylation sites is 1. The van der Waals surface area contributed by atoms with Crippen molar-refractivity contribution in [3.05, 3.63) is 53.8 Å². The Morgan fingerprint density at radius 2 is 2.00 bits per heavy atom. The lowest BCUT2D eigenvalue weighted by Crippen LogP contribution is -2.49. The van der Waals surface area contributed by atoms with E-state index >= 15 is 0 Å². The number of fused-ring (bicyclic) bond motifs is 2. The van der Waals surface area contributed by atoms with Crippen molar-refractivity contribution >= 4 is 17.3 Å². The van der Waals surface area contributed by atoms with E-state index in [1.807, 2.05) is 36.2 Å². The van der Waals surface area contributed by atoms with Gasteiger partial charge in [0.15, 0.2) is 6.10 Å². The van der Waals surface area contributed by atoms with Crippen LogP contribution in [0.15, 0.2) is 42.5 Å². The van der Waals surface area contributed by atoms with Gasteiger partial charge in [0.25, 0.3) is 5.91 Å². The third-order valence-electron chi connectivity index (χ3n) is 4.76. The minimum Gasteiger partial charge on any atom is -0.480 e. The van der Waals surface area contributed by atoms with Crippen LogP contribution in [-0.4, -0.2) is 32.1 Å². The van der Waals surface area contributed by atoms with Crippen molar-refractivity contribution in [1.82, 2.24) is 0 Å². The Morgan fingerprint density at radius 1 is 1.17 bits per heavy atom. The summed E-state index contributed by atoms with van der Waals surface area (Å²) in [5, 5.41) is 0. The molecule has 0 fully saturated rings. The predicted octanol–water partition coefficient (Wildman–Crippen LogP) is 3.00. The first-order chi connectivity index (χ1) is 11.6. The minimum atomic E-state index is -0.485. The van der Waals surface area contributed by atoms with Crippen molar-refractivity contribution in [1.29, 1.82) is 0 Å². The van der Waals surface area contributed by atoms with Crippen molar-refractivity contribution in [2.45, 2.75) is 18.9 Å². The van der Waals surface area contributed by atoms with Crippen molar-refractivity contribution in [3.8, 4) is 5.75 Å². The number of hydrogen-bond acceptors (Lipinski definition) is 3. The molecular formula is C19H19FN2O2. The maximum atomic E-state index is 13.6. The number of hydrogen-bond donors (Lipinski definition) is 0. The fourth-order valence-electron chi connectivity index (χ4n) is 3.42. The number of ether oxygens (including phenoxy) is 1. The van der Waals surface area contributed by atoms with Crippen molar-refractivity contribution in [2.75, 3.05) is 29.9 Å². The standard InChI is InChI=1S/C19H19FN2O2/c1-21-10-11-22(15-8-7-14(20)12-16(15)21)19(23)18-9-6-13-4-2-3-5-17(13)24-18/h2-5,7-8,12,18H,6,9-11H2,1H3.